The highest BCUT2D eigenvalue weighted by atomic mass is 32.2. The Kier molecular flexibility index (Phi) is 7.07. The summed E-state index contributed by atoms with van der Waals surface area (Å²) in [6.07, 6.45) is 0.916. The van der Waals surface area contributed by atoms with Gasteiger partial charge in [-0.1, -0.05) is 42.1 Å². The van der Waals surface area contributed by atoms with Crippen molar-refractivity contribution >= 4 is 23.4 Å². The number of carbonyl (C=O) groups excluding carboxylic acids is 1. The van der Waals surface area contributed by atoms with Crippen LogP contribution in [0, 0.1) is 18.3 Å². The highest BCUT2D eigenvalue weighted by Gasteiger charge is 2.21. The van der Waals surface area contributed by atoms with Crippen molar-refractivity contribution in [2.45, 2.75) is 25.0 Å². The minimum absolute atomic E-state index is 0.128. The van der Waals surface area contributed by atoms with Gasteiger partial charge in [0.2, 0.25) is 5.91 Å². The Morgan fingerprint density at radius 2 is 1.81 bits per heavy atom. The third kappa shape index (κ3) is 5.29. The molecule has 1 fully saturated rings. The van der Waals surface area contributed by atoms with Gasteiger partial charge in [-0.2, -0.15) is 5.26 Å². The minimum Gasteiger partial charge on any atom is -0.370 e. The molecule has 1 aromatic heterocycles. The molecule has 0 unspecified atom stereocenters. The number of rotatable bonds is 6. The summed E-state index contributed by atoms with van der Waals surface area (Å²) in [5, 5.41) is 18.3. The summed E-state index contributed by atoms with van der Waals surface area (Å²) < 4.78 is 2.06. The van der Waals surface area contributed by atoms with Crippen LogP contribution in [0.1, 0.15) is 23.4 Å². The van der Waals surface area contributed by atoms with E-state index >= 15 is 0 Å². The Morgan fingerprint density at radius 1 is 1.03 bits per heavy atom. The minimum atomic E-state index is 0.128. The molecule has 1 saturated heterocycles. The van der Waals surface area contributed by atoms with Gasteiger partial charge in [0, 0.05) is 31.9 Å². The van der Waals surface area contributed by atoms with E-state index < -0.39 is 0 Å². The Hall–Kier alpha value is -3.31. The van der Waals surface area contributed by atoms with E-state index in [9.17, 15) is 4.79 Å². The molecule has 1 aliphatic rings. The first-order valence-electron chi connectivity index (χ1n) is 10.7. The maximum atomic E-state index is 12.9. The summed E-state index contributed by atoms with van der Waals surface area (Å²) in [6.45, 7) is 5.75. The van der Waals surface area contributed by atoms with Crippen LogP contribution in [0.25, 0.3) is 0 Å². The normalized spacial score (nSPS) is 14.1. The molecule has 0 radical (unpaired) electrons. The maximum Gasteiger partial charge on any atom is 0.233 e. The lowest BCUT2D eigenvalue weighted by molar-refractivity contribution is -0.128. The van der Waals surface area contributed by atoms with Crippen LogP contribution < -0.4 is 4.90 Å². The summed E-state index contributed by atoms with van der Waals surface area (Å²) in [6, 6.07) is 20.0. The number of nitriles is 1. The molecule has 2 aromatic carbocycles. The van der Waals surface area contributed by atoms with E-state index in [1.807, 2.05) is 54.3 Å². The van der Waals surface area contributed by atoms with E-state index in [2.05, 4.69) is 37.9 Å². The molecule has 1 aliphatic heterocycles. The lowest BCUT2D eigenvalue weighted by atomic mass is 10.2. The number of hydrogen-bond acceptors (Lipinski definition) is 6. The van der Waals surface area contributed by atoms with Crippen LogP contribution in [-0.2, 0) is 11.3 Å². The van der Waals surface area contributed by atoms with Gasteiger partial charge < -0.3 is 14.4 Å². The molecule has 3 aromatic rings. The SMILES string of the molecule is Cc1nnc(SCC(=O)N2CCCN(c3ccc(C#N)cc3)CC2)n1Cc1ccccc1. The van der Waals surface area contributed by atoms with Crippen LogP contribution in [0.5, 0.6) is 0 Å². The molecule has 0 spiro atoms. The Bertz CT molecular complexity index is 1090. The second kappa shape index (κ2) is 10.3. The zero-order valence-electron chi connectivity index (χ0n) is 18.1. The number of anilines is 1. The lowest BCUT2D eigenvalue weighted by Gasteiger charge is -2.23. The molecule has 4 rings (SSSR count). The van der Waals surface area contributed by atoms with Gasteiger partial charge in [0.25, 0.3) is 0 Å². The van der Waals surface area contributed by atoms with Crippen molar-refractivity contribution in [1.29, 1.82) is 5.26 Å². The first-order valence-corrected chi connectivity index (χ1v) is 11.7. The third-order valence-corrected chi connectivity index (χ3v) is 6.57. The standard InChI is InChI=1S/C24H26N6OS/c1-19-26-27-24(30(19)17-21-6-3-2-4-7-21)32-18-23(31)29-13-5-12-28(14-15-29)22-10-8-20(16-25)9-11-22/h2-4,6-11H,5,12-15,17-18H2,1H3. The molecule has 8 heteroatoms. The Morgan fingerprint density at radius 3 is 2.56 bits per heavy atom. The summed E-state index contributed by atoms with van der Waals surface area (Å²) in [5.74, 6) is 1.32. The van der Waals surface area contributed by atoms with Crippen molar-refractivity contribution in [3.8, 4) is 6.07 Å². The molecule has 0 bridgehead atoms. The van der Waals surface area contributed by atoms with Crippen molar-refractivity contribution in [1.82, 2.24) is 19.7 Å². The predicted molar refractivity (Wildman–Crippen MR) is 126 cm³/mol. The van der Waals surface area contributed by atoms with Crippen molar-refractivity contribution < 1.29 is 4.79 Å². The molecule has 0 saturated carbocycles. The molecule has 0 atom stereocenters. The van der Waals surface area contributed by atoms with Crippen LogP contribution in [0.15, 0.2) is 59.8 Å². The van der Waals surface area contributed by atoms with Gasteiger partial charge >= 0.3 is 0 Å². The van der Waals surface area contributed by atoms with Gasteiger partial charge in [0.05, 0.1) is 23.9 Å². The van der Waals surface area contributed by atoms with E-state index in [0.717, 1.165) is 42.7 Å². The predicted octanol–water partition coefficient (Wildman–Crippen LogP) is 3.34. The fraction of sp³-hybridized carbons (Fsp3) is 0.333. The summed E-state index contributed by atoms with van der Waals surface area (Å²) in [7, 11) is 0. The lowest BCUT2D eigenvalue weighted by Crippen LogP contribution is -2.36. The molecule has 7 nitrogen and oxygen atoms in total. The number of benzene rings is 2. The summed E-state index contributed by atoms with van der Waals surface area (Å²) in [4.78, 5) is 17.1. The highest BCUT2D eigenvalue weighted by molar-refractivity contribution is 7.99. The van der Waals surface area contributed by atoms with Crippen LogP contribution in [0.2, 0.25) is 0 Å². The topological polar surface area (TPSA) is 78.1 Å². The largest absolute Gasteiger partial charge is 0.370 e. The van der Waals surface area contributed by atoms with Crippen molar-refractivity contribution in [2.24, 2.45) is 0 Å². The van der Waals surface area contributed by atoms with E-state index in [-0.39, 0.29) is 5.91 Å². The van der Waals surface area contributed by atoms with E-state index in [1.54, 1.807) is 0 Å². The number of nitrogens with zero attached hydrogens (tertiary/aromatic N) is 6. The first kappa shape index (κ1) is 21.9. The molecule has 32 heavy (non-hydrogen) atoms. The quantitative estimate of drug-likeness (QED) is 0.541. The summed E-state index contributed by atoms with van der Waals surface area (Å²) in [5.41, 5.74) is 2.93. The van der Waals surface area contributed by atoms with Gasteiger partial charge in [0.1, 0.15) is 5.82 Å². The molecule has 1 amide bonds. The van der Waals surface area contributed by atoms with Gasteiger partial charge in [-0.3, -0.25) is 4.79 Å². The van der Waals surface area contributed by atoms with Crippen molar-refractivity contribution in [3.63, 3.8) is 0 Å². The fourth-order valence-electron chi connectivity index (χ4n) is 3.81. The number of thioether (sulfide) groups is 1. The van der Waals surface area contributed by atoms with Gasteiger partial charge in [-0.25, -0.2) is 0 Å². The molecule has 0 N–H and O–H groups in total. The monoisotopic (exact) mass is 446 g/mol. The Labute approximate surface area is 192 Å². The fourth-order valence-corrected chi connectivity index (χ4v) is 4.69. The second-order valence-electron chi connectivity index (χ2n) is 7.77. The molecular formula is C24H26N6OS. The van der Waals surface area contributed by atoms with Gasteiger partial charge in [-0.05, 0) is 43.2 Å². The number of amides is 1. The van der Waals surface area contributed by atoms with Crippen LogP contribution in [-0.4, -0.2) is 57.5 Å². The smallest absolute Gasteiger partial charge is 0.233 e. The highest BCUT2D eigenvalue weighted by Crippen LogP contribution is 2.21. The Balaban J connectivity index is 1.33. The number of carbonyl (C=O) groups is 1. The van der Waals surface area contributed by atoms with E-state index in [1.165, 1.54) is 17.3 Å². The zero-order chi connectivity index (χ0) is 22.3. The van der Waals surface area contributed by atoms with E-state index in [4.69, 9.17) is 5.26 Å². The molecule has 2 heterocycles. The number of aryl methyl sites for hydroxylation is 1. The van der Waals surface area contributed by atoms with Crippen LogP contribution >= 0.6 is 11.8 Å². The van der Waals surface area contributed by atoms with E-state index in [0.29, 0.717) is 24.4 Å². The third-order valence-electron chi connectivity index (χ3n) is 5.62. The average Bonchev–Trinajstić information content (AvgIpc) is 3.02. The van der Waals surface area contributed by atoms with Crippen LogP contribution in [0.3, 0.4) is 0 Å². The molecular weight excluding hydrogens is 420 g/mol. The van der Waals surface area contributed by atoms with Gasteiger partial charge in [-0.15, -0.1) is 10.2 Å². The average molecular weight is 447 g/mol. The first-order chi connectivity index (χ1) is 15.6. The number of aromatic nitrogens is 3. The van der Waals surface area contributed by atoms with Crippen molar-refractivity contribution in [3.05, 3.63) is 71.5 Å². The summed E-state index contributed by atoms with van der Waals surface area (Å²) >= 11 is 1.45. The second-order valence-corrected chi connectivity index (χ2v) is 8.71. The van der Waals surface area contributed by atoms with Gasteiger partial charge in [0.15, 0.2) is 5.16 Å². The maximum absolute atomic E-state index is 12.9. The number of hydrogen-bond donors (Lipinski definition) is 0. The molecule has 0 aliphatic carbocycles. The van der Waals surface area contributed by atoms with Crippen LogP contribution in [0.4, 0.5) is 5.69 Å². The van der Waals surface area contributed by atoms with Crippen molar-refractivity contribution in [2.75, 3.05) is 36.8 Å². The molecule has 164 valence electrons. The zero-order valence-corrected chi connectivity index (χ0v) is 19.0.